The number of ketones is 1. The molecule has 1 unspecified atom stereocenters. The summed E-state index contributed by atoms with van der Waals surface area (Å²) in [7, 11) is 0. The maximum absolute atomic E-state index is 14.7. The average Bonchev–Trinajstić information content (AvgIpc) is 2.99. The topological polar surface area (TPSA) is 70.5 Å². The summed E-state index contributed by atoms with van der Waals surface area (Å²) in [4.78, 5) is 31.1. The molecule has 150 valence electrons. The van der Waals surface area contributed by atoms with Gasteiger partial charge in [0, 0.05) is 35.1 Å². The van der Waals surface area contributed by atoms with Gasteiger partial charge in [0.1, 0.15) is 11.6 Å². The molecule has 5 nitrogen and oxygen atoms in total. The van der Waals surface area contributed by atoms with Crippen molar-refractivity contribution in [3.8, 4) is 0 Å². The second kappa shape index (κ2) is 8.08. The van der Waals surface area contributed by atoms with Crippen LogP contribution in [-0.2, 0) is 16.1 Å². The van der Waals surface area contributed by atoms with Gasteiger partial charge in [0.15, 0.2) is 0 Å². The number of hydrogen-bond acceptors (Lipinski definition) is 4. The van der Waals surface area contributed by atoms with Crippen LogP contribution in [0.4, 0.5) is 4.39 Å². The van der Waals surface area contributed by atoms with Gasteiger partial charge < -0.3 is 10.0 Å². The van der Waals surface area contributed by atoms with Crippen LogP contribution in [0.3, 0.4) is 0 Å². The number of likely N-dealkylation sites (tertiary alicyclic amines) is 1. The van der Waals surface area contributed by atoms with Crippen molar-refractivity contribution >= 4 is 29.1 Å². The summed E-state index contributed by atoms with van der Waals surface area (Å²) in [6.45, 7) is 0.0315. The van der Waals surface area contributed by atoms with E-state index in [1.165, 1.54) is 29.2 Å². The van der Waals surface area contributed by atoms with Crippen molar-refractivity contribution in [1.29, 1.82) is 0 Å². The van der Waals surface area contributed by atoms with Crippen LogP contribution in [0.2, 0.25) is 5.02 Å². The summed E-state index contributed by atoms with van der Waals surface area (Å²) in [5.74, 6) is -2.70. The van der Waals surface area contributed by atoms with E-state index in [4.69, 9.17) is 11.6 Å². The molecule has 3 aromatic rings. The first-order valence-electron chi connectivity index (χ1n) is 9.15. The Morgan fingerprint density at radius 1 is 1.10 bits per heavy atom. The van der Waals surface area contributed by atoms with Gasteiger partial charge in [-0.2, -0.15) is 0 Å². The van der Waals surface area contributed by atoms with Crippen LogP contribution in [0.5, 0.6) is 0 Å². The molecule has 4 rings (SSSR count). The largest absolute Gasteiger partial charge is 0.507 e. The van der Waals surface area contributed by atoms with Crippen molar-refractivity contribution in [2.45, 2.75) is 12.6 Å². The van der Waals surface area contributed by atoms with Crippen molar-refractivity contribution in [1.82, 2.24) is 9.88 Å². The SMILES string of the molecule is O=C1C(=O)N(Cc2cccnc2)C(c2ccccc2F)/C1=C(/O)c1cccc(Cl)c1. The normalized spacial score (nSPS) is 18.1. The molecule has 1 N–H and O–H groups in total. The molecule has 2 aromatic carbocycles. The molecule has 1 aliphatic heterocycles. The highest BCUT2D eigenvalue weighted by Crippen LogP contribution is 2.41. The first-order chi connectivity index (χ1) is 14.5. The second-order valence-electron chi connectivity index (χ2n) is 6.82. The summed E-state index contributed by atoms with van der Waals surface area (Å²) in [6, 6.07) is 14.5. The second-order valence-corrected chi connectivity index (χ2v) is 7.26. The minimum Gasteiger partial charge on any atom is -0.507 e. The zero-order valence-corrected chi connectivity index (χ0v) is 16.4. The van der Waals surface area contributed by atoms with Gasteiger partial charge in [0.05, 0.1) is 11.6 Å². The molecular weight excluding hydrogens is 407 g/mol. The van der Waals surface area contributed by atoms with Gasteiger partial charge in [-0.3, -0.25) is 14.6 Å². The number of carbonyl (C=O) groups excluding carboxylic acids is 2. The van der Waals surface area contributed by atoms with Crippen LogP contribution < -0.4 is 0 Å². The minimum atomic E-state index is -1.09. The molecule has 0 bridgehead atoms. The Labute approximate surface area is 177 Å². The number of nitrogens with zero attached hydrogens (tertiary/aromatic N) is 2. The summed E-state index contributed by atoms with van der Waals surface area (Å²) < 4.78 is 14.7. The monoisotopic (exact) mass is 422 g/mol. The molecule has 0 aliphatic carbocycles. The maximum atomic E-state index is 14.7. The molecule has 0 saturated carbocycles. The first kappa shape index (κ1) is 19.8. The average molecular weight is 423 g/mol. The van der Waals surface area contributed by atoms with Crippen molar-refractivity contribution in [3.63, 3.8) is 0 Å². The fourth-order valence-corrected chi connectivity index (χ4v) is 3.73. The molecule has 1 atom stereocenters. The summed E-state index contributed by atoms with van der Waals surface area (Å²) >= 11 is 6.01. The van der Waals surface area contributed by atoms with E-state index in [-0.39, 0.29) is 23.2 Å². The van der Waals surface area contributed by atoms with E-state index in [9.17, 15) is 19.1 Å². The number of halogens is 2. The third-order valence-electron chi connectivity index (χ3n) is 4.91. The molecule has 30 heavy (non-hydrogen) atoms. The zero-order valence-electron chi connectivity index (χ0n) is 15.6. The predicted octanol–water partition coefficient (Wildman–Crippen LogP) is 4.50. The molecular formula is C23H16ClFN2O3. The molecule has 1 amide bonds. The lowest BCUT2D eigenvalue weighted by Gasteiger charge is -2.25. The Morgan fingerprint density at radius 3 is 2.60 bits per heavy atom. The number of aromatic nitrogens is 1. The highest BCUT2D eigenvalue weighted by Gasteiger charge is 2.46. The van der Waals surface area contributed by atoms with Crippen LogP contribution in [-0.4, -0.2) is 26.7 Å². The number of Topliss-reactive ketones (excluding diaryl/α,β-unsaturated/α-hetero) is 1. The third kappa shape index (κ3) is 3.57. The molecule has 1 aromatic heterocycles. The maximum Gasteiger partial charge on any atom is 0.295 e. The number of aliphatic hydroxyl groups excluding tert-OH is 1. The van der Waals surface area contributed by atoms with Gasteiger partial charge in [0.2, 0.25) is 0 Å². The molecule has 1 aliphatic rings. The molecule has 2 heterocycles. The van der Waals surface area contributed by atoms with Crippen molar-refractivity contribution in [3.05, 3.63) is 106 Å². The van der Waals surface area contributed by atoms with Gasteiger partial charge >= 0.3 is 0 Å². The summed E-state index contributed by atoms with van der Waals surface area (Å²) in [5.41, 5.74) is 0.868. The van der Waals surface area contributed by atoms with Crippen LogP contribution in [0.1, 0.15) is 22.7 Å². The standard InChI is InChI=1S/C23H16ClFN2O3/c24-16-7-3-6-15(11-16)21(28)19-20(17-8-1-2-9-18(17)25)27(23(30)22(19)29)13-14-5-4-10-26-12-14/h1-12,20,28H,13H2/b21-19-. The highest BCUT2D eigenvalue weighted by molar-refractivity contribution is 6.46. The molecule has 7 heteroatoms. The number of benzene rings is 2. The Balaban J connectivity index is 1.90. The van der Waals surface area contributed by atoms with Crippen LogP contribution in [0, 0.1) is 5.82 Å². The van der Waals surface area contributed by atoms with Crippen molar-refractivity contribution < 1.29 is 19.1 Å². The van der Waals surface area contributed by atoms with Crippen LogP contribution in [0.25, 0.3) is 5.76 Å². The van der Waals surface area contributed by atoms with E-state index < -0.39 is 29.3 Å². The van der Waals surface area contributed by atoms with Gasteiger partial charge in [0.25, 0.3) is 11.7 Å². The van der Waals surface area contributed by atoms with Gasteiger partial charge in [-0.1, -0.05) is 48.0 Å². The van der Waals surface area contributed by atoms with Gasteiger partial charge in [-0.25, -0.2) is 4.39 Å². The number of carbonyl (C=O) groups is 2. The summed E-state index contributed by atoms with van der Waals surface area (Å²) in [6.07, 6.45) is 3.15. The quantitative estimate of drug-likeness (QED) is 0.382. The van der Waals surface area contributed by atoms with Crippen LogP contribution >= 0.6 is 11.6 Å². The lowest BCUT2D eigenvalue weighted by Crippen LogP contribution is -2.29. The van der Waals surface area contributed by atoms with E-state index in [0.717, 1.165) is 0 Å². The highest BCUT2D eigenvalue weighted by atomic mass is 35.5. The number of hydrogen-bond donors (Lipinski definition) is 1. The van der Waals surface area contributed by atoms with Crippen LogP contribution in [0.15, 0.2) is 78.6 Å². The van der Waals surface area contributed by atoms with Gasteiger partial charge in [-0.05, 0) is 29.8 Å². The Kier molecular flexibility index (Phi) is 5.33. The third-order valence-corrected chi connectivity index (χ3v) is 5.15. The Morgan fingerprint density at radius 2 is 1.90 bits per heavy atom. The number of amides is 1. The number of aliphatic hydroxyl groups is 1. The minimum absolute atomic E-state index is 0.0315. The van der Waals surface area contributed by atoms with Crippen molar-refractivity contribution in [2.24, 2.45) is 0 Å². The first-order valence-corrected chi connectivity index (χ1v) is 9.53. The molecule has 1 fully saturated rings. The van der Waals surface area contributed by atoms with E-state index in [1.54, 1.807) is 48.8 Å². The molecule has 0 spiro atoms. The molecule has 0 radical (unpaired) electrons. The fraction of sp³-hybridized carbons (Fsp3) is 0.0870. The Hall–Kier alpha value is -3.51. The van der Waals surface area contributed by atoms with Crippen molar-refractivity contribution in [2.75, 3.05) is 0 Å². The van der Waals surface area contributed by atoms with E-state index in [0.29, 0.717) is 10.6 Å². The smallest absolute Gasteiger partial charge is 0.295 e. The number of pyridine rings is 1. The van der Waals surface area contributed by atoms with E-state index in [2.05, 4.69) is 4.98 Å². The van der Waals surface area contributed by atoms with E-state index >= 15 is 0 Å². The summed E-state index contributed by atoms with van der Waals surface area (Å²) in [5, 5.41) is 11.3. The van der Waals surface area contributed by atoms with E-state index in [1.807, 2.05) is 0 Å². The zero-order chi connectivity index (χ0) is 21.3. The predicted molar refractivity (Wildman–Crippen MR) is 110 cm³/mol. The number of rotatable bonds is 4. The Bertz CT molecular complexity index is 1160. The lowest BCUT2D eigenvalue weighted by molar-refractivity contribution is -0.140. The molecule has 1 saturated heterocycles. The fourth-order valence-electron chi connectivity index (χ4n) is 3.54. The lowest BCUT2D eigenvalue weighted by atomic mass is 9.95. The van der Waals surface area contributed by atoms with Gasteiger partial charge in [-0.15, -0.1) is 0 Å².